The monoisotopic (exact) mass is 379 g/mol. The van der Waals surface area contributed by atoms with Crippen LogP contribution in [0.15, 0.2) is 54.6 Å². The van der Waals surface area contributed by atoms with Gasteiger partial charge in [-0.1, -0.05) is 36.4 Å². The number of benzene rings is 2. The summed E-state index contributed by atoms with van der Waals surface area (Å²) in [6.45, 7) is 8.28. The summed E-state index contributed by atoms with van der Waals surface area (Å²) in [7, 11) is 0. The number of hydrogen-bond donors (Lipinski definition) is 0. The fourth-order valence-corrected chi connectivity index (χ4v) is 4.13. The van der Waals surface area contributed by atoms with Gasteiger partial charge in [-0.25, -0.2) is 0 Å². The predicted molar refractivity (Wildman–Crippen MR) is 112 cm³/mol. The number of rotatable bonds is 6. The summed E-state index contributed by atoms with van der Waals surface area (Å²) in [5.41, 5.74) is 2.38. The van der Waals surface area contributed by atoms with Crippen LogP contribution in [0.3, 0.4) is 0 Å². The topological polar surface area (TPSA) is 36.0 Å². The molecule has 2 heterocycles. The van der Waals surface area contributed by atoms with Gasteiger partial charge in [-0.05, 0) is 37.1 Å². The van der Waals surface area contributed by atoms with Gasteiger partial charge in [-0.3, -0.25) is 14.6 Å². The van der Waals surface area contributed by atoms with Gasteiger partial charge in [0.25, 0.3) is 0 Å². The molecular formula is C23H29N3O2. The molecule has 148 valence electrons. The lowest BCUT2D eigenvalue weighted by atomic mass is 10.1. The van der Waals surface area contributed by atoms with Crippen LogP contribution < -0.4 is 9.64 Å². The van der Waals surface area contributed by atoms with Crippen LogP contribution in [-0.2, 0) is 11.2 Å². The summed E-state index contributed by atoms with van der Waals surface area (Å²) in [5, 5.41) is 0. The minimum Gasteiger partial charge on any atom is -0.492 e. The fourth-order valence-electron chi connectivity index (χ4n) is 4.13. The molecule has 0 radical (unpaired) electrons. The van der Waals surface area contributed by atoms with Crippen molar-refractivity contribution in [3.63, 3.8) is 0 Å². The van der Waals surface area contributed by atoms with Gasteiger partial charge in [-0.2, -0.15) is 0 Å². The Morgan fingerprint density at radius 2 is 1.68 bits per heavy atom. The molecule has 2 aliphatic heterocycles. The third-order valence-electron chi connectivity index (χ3n) is 5.88. The summed E-state index contributed by atoms with van der Waals surface area (Å²) in [4.78, 5) is 19.8. The maximum Gasteiger partial charge on any atom is 0.244 e. The van der Waals surface area contributed by atoms with E-state index in [1.807, 2.05) is 41.3 Å². The van der Waals surface area contributed by atoms with E-state index in [4.69, 9.17) is 4.74 Å². The van der Waals surface area contributed by atoms with Crippen molar-refractivity contribution in [1.29, 1.82) is 0 Å². The molecule has 5 heteroatoms. The Balaban J connectivity index is 1.24. The van der Waals surface area contributed by atoms with E-state index in [2.05, 4.69) is 34.9 Å². The number of para-hydroxylation sites is 2. The van der Waals surface area contributed by atoms with E-state index in [1.165, 1.54) is 5.56 Å². The average molecular weight is 380 g/mol. The smallest absolute Gasteiger partial charge is 0.244 e. The predicted octanol–water partition coefficient (Wildman–Crippen LogP) is 2.66. The van der Waals surface area contributed by atoms with E-state index in [0.717, 1.165) is 57.1 Å². The van der Waals surface area contributed by atoms with Crippen LogP contribution in [-0.4, -0.2) is 67.6 Å². The van der Waals surface area contributed by atoms with E-state index in [1.54, 1.807) is 0 Å². The number of hydrogen-bond acceptors (Lipinski definition) is 4. The van der Waals surface area contributed by atoms with Crippen LogP contribution in [0.25, 0.3) is 0 Å². The number of fused-ring (bicyclic) bond motifs is 1. The first-order valence-electron chi connectivity index (χ1n) is 10.3. The van der Waals surface area contributed by atoms with Crippen molar-refractivity contribution in [1.82, 2.24) is 9.80 Å². The van der Waals surface area contributed by atoms with Gasteiger partial charge in [0.15, 0.2) is 0 Å². The normalized spacial score (nSPS) is 18.7. The van der Waals surface area contributed by atoms with E-state index in [-0.39, 0.29) is 11.9 Å². The molecule has 2 aromatic rings. The third-order valence-corrected chi connectivity index (χ3v) is 5.88. The third kappa shape index (κ3) is 4.21. The summed E-state index contributed by atoms with van der Waals surface area (Å²) >= 11 is 0. The molecule has 0 spiro atoms. The minimum atomic E-state index is -0.0751. The van der Waals surface area contributed by atoms with Gasteiger partial charge in [0.1, 0.15) is 12.4 Å². The zero-order valence-corrected chi connectivity index (χ0v) is 16.6. The van der Waals surface area contributed by atoms with Crippen molar-refractivity contribution in [3.05, 3.63) is 60.2 Å². The molecule has 2 aliphatic rings. The highest BCUT2D eigenvalue weighted by molar-refractivity contribution is 5.98. The molecule has 2 aromatic carbocycles. The zero-order valence-electron chi connectivity index (χ0n) is 16.6. The second-order valence-corrected chi connectivity index (χ2v) is 7.58. The van der Waals surface area contributed by atoms with Gasteiger partial charge >= 0.3 is 0 Å². The molecule has 0 aliphatic carbocycles. The van der Waals surface area contributed by atoms with Crippen molar-refractivity contribution >= 4 is 11.6 Å². The number of anilines is 1. The van der Waals surface area contributed by atoms with Crippen LogP contribution in [0.1, 0.15) is 12.5 Å². The van der Waals surface area contributed by atoms with E-state index in [9.17, 15) is 4.79 Å². The summed E-state index contributed by atoms with van der Waals surface area (Å²) in [6.07, 6.45) is 0.962. The number of ether oxygens (including phenoxy) is 1. The van der Waals surface area contributed by atoms with Crippen LogP contribution in [0, 0.1) is 0 Å². The molecule has 28 heavy (non-hydrogen) atoms. The fraction of sp³-hybridized carbons (Fsp3) is 0.435. The van der Waals surface area contributed by atoms with Gasteiger partial charge in [0.2, 0.25) is 5.91 Å². The number of nitrogens with zero attached hydrogens (tertiary/aromatic N) is 3. The minimum absolute atomic E-state index is 0.0751. The first-order valence-corrected chi connectivity index (χ1v) is 10.3. The Hall–Kier alpha value is -2.37. The number of amides is 1. The molecule has 1 saturated heterocycles. The van der Waals surface area contributed by atoms with E-state index in [0.29, 0.717) is 6.61 Å². The number of piperazine rings is 1. The van der Waals surface area contributed by atoms with Crippen LogP contribution in [0.4, 0.5) is 5.69 Å². The summed E-state index contributed by atoms with van der Waals surface area (Å²) in [5.74, 6) is 1.15. The van der Waals surface area contributed by atoms with Gasteiger partial charge < -0.3 is 9.64 Å². The molecule has 0 aromatic heterocycles. The molecule has 1 atom stereocenters. The Kier molecular flexibility index (Phi) is 5.93. The highest BCUT2D eigenvalue weighted by atomic mass is 16.5. The largest absolute Gasteiger partial charge is 0.492 e. The molecular weight excluding hydrogens is 350 g/mol. The summed E-state index contributed by atoms with van der Waals surface area (Å²) in [6, 6.07) is 18.1. The molecule has 0 N–H and O–H groups in total. The summed E-state index contributed by atoms with van der Waals surface area (Å²) < 4.78 is 5.81. The Bertz CT molecular complexity index is 787. The second kappa shape index (κ2) is 8.76. The zero-order chi connectivity index (χ0) is 19.3. The molecule has 4 rings (SSSR count). The average Bonchev–Trinajstić information content (AvgIpc) is 3.18. The molecule has 0 saturated carbocycles. The van der Waals surface area contributed by atoms with Gasteiger partial charge in [0, 0.05) is 45.0 Å². The first kappa shape index (κ1) is 19.0. The van der Waals surface area contributed by atoms with Crippen molar-refractivity contribution in [2.75, 3.05) is 50.8 Å². The van der Waals surface area contributed by atoms with Gasteiger partial charge in [-0.15, -0.1) is 0 Å². The Labute approximate surface area is 167 Å². The highest BCUT2D eigenvalue weighted by Crippen LogP contribution is 2.28. The van der Waals surface area contributed by atoms with E-state index >= 15 is 0 Å². The molecule has 1 amide bonds. The molecule has 5 nitrogen and oxygen atoms in total. The molecule has 0 unspecified atom stereocenters. The lowest BCUT2D eigenvalue weighted by Crippen LogP contribution is -2.54. The quantitative estimate of drug-likeness (QED) is 0.773. The molecule has 0 bridgehead atoms. The lowest BCUT2D eigenvalue weighted by molar-refractivity contribution is -0.123. The molecule has 1 fully saturated rings. The Morgan fingerprint density at radius 1 is 0.964 bits per heavy atom. The van der Waals surface area contributed by atoms with Gasteiger partial charge in [0.05, 0.1) is 6.04 Å². The lowest BCUT2D eigenvalue weighted by Gasteiger charge is -2.38. The highest BCUT2D eigenvalue weighted by Gasteiger charge is 2.32. The standard InChI is InChI=1S/C23H29N3O2/c1-19(23(27)26-12-11-20-7-5-6-10-22(20)26)25-15-13-24(14-16-25)17-18-28-21-8-3-2-4-9-21/h2-10,19H,11-18H2,1H3/t19-/m0/s1. The maximum absolute atomic E-state index is 13.1. The van der Waals surface area contributed by atoms with E-state index < -0.39 is 0 Å². The van der Waals surface area contributed by atoms with Crippen LogP contribution >= 0.6 is 0 Å². The van der Waals surface area contributed by atoms with Crippen molar-refractivity contribution in [3.8, 4) is 5.75 Å². The van der Waals surface area contributed by atoms with Crippen LogP contribution in [0.2, 0.25) is 0 Å². The second-order valence-electron chi connectivity index (χ2n) is 7.58. The number of carbonyl (C=O) groups excluding carboxylic acids is 1. The van der Waals surface area contributed by atoms with Crippen LogP contribution in [0.5, 0.6) is 5.75 Å². The Morgan fingerprint density at radius 3 is 2.46 bits per heavy atom. The number of carbonyl (C=O) groups is 1. The van der Waals surface area contributed by atoms with Crippen molar-refractivity contribution in [2.24, 2.45) is 0 Å². The maximum atomic E-state index is 13.1. The van der Waals surface area contributed by atoms with Crippen molar-refractivity contribution in [2.45, 2.75) is 19.4 Å². The first-order chi connectivity index (χ1) is 13.7. The van der Waals surface area contributed by atoms with Crippen molar-refractivity contribution < 1.29 is 9.53 Å². The SMILES string of the molecule is C[C@@H](C(=O)N1CCc2ccccc21)N1CCN(CCOc2ccccc2)CC1.